The topological polar surface area (TPSA) is 50.3 Å². The third kappa shape index (κ3) is 2.06. The summed E-state index contributed by atoms with van der Waals surface area (Å²) < 4.78 is 13.2. The number of rotatable bonds is 2. The van der Waals surface area contributed by atoms with Crippen molar-refractivity contribution in [3.63, 3.8) is 0 Å². The molecule has 2 aromatic rings. The van der Waals surface area contributed by atoms with Crippen LogP contribution in [0.3, 0.4) is 0 Å². The molecule has 1 aromatic carbocycles. The van der Waals surface area contributed by atoms with Crippen LogP contribution in [0.2, 0.25) is 5.02 Å². The van der Waals surface area contributed by atoms with Crippen LogP contribution < -0.4 is 4.90 Å². The van der Waals surface area contributed by atoms with E-state index < -0.39 is 17.5 Å². The lowest BCUT2D eigenvalue weighted by molar-refractivity contribution is -0.114. The maximum absolute atomic E-state index is 13.2. The van der Waals surface area contributed by atoms with E-state index in [-0.39, 0.29) is 12.1 Å². The van der Waals surface area contributed by atoms with E-state index in [2.05, 4.69) is 4.98 Å². The van der Waals surface area contributed by atoms with Crippen molar-refractivity contribution in [1.29, 1.82) is 0 Å². The van der Waals surface area contributed by atoms with Crippen LogP contribution in [0.25, 0.3) is 0 Å². The summed E-state index contributed by atoms with van der Waals surface area (Å²) in [6, 6.07) is 6.92. The number of anilines is 1. The normalized spacial score (nSPS) is 13.8. The minimum Gasteiger partial charge on any atom is -0.299 e. The number of hydrogen-bond acceptors (Lipinski definition) is 3. The van der Waals surface area contributed by atoms with Gasteiger partial charge >= 0.3 is 0 Å². The molecule has 3 rings (SSSR count). The van der Waals surface area contributed by atoms with Gasteiger partial charge in [-0.05, 0) is 30.3 Å². The van der Waals surface area contributed by atoms with Gasteiger partial charge in [0.15, 0.2) is 0 Å². The lowest BCUT2D eigenvalue weighted by Crippen LogP contribution is -2.29. The highest BCUT2D eigenvalue weighted by Crippen LogP contribution is 2.30. The second kappa shape index (κ2) is 4.68. The number of aromatic nitrogens is 1. The fraction of sp³-hybridized carbons (Fsp3) is 0.0714. The first kappa shape index (κ1) is 12.7. The number of amides is 1. The number of pyridine rings is 1. The molecule has 0 aliphatic carbocycles. The molecule has 0 unspecified atom stereocenters. The number of carbonyl (C=O) groups is 2. The fourth-order valence-electron chi connectivity index (χ4n) is 2.13. The molecule has 100 valence electrons. The summed E-state index contributed by atoms with van der Waals surface area (Å²) in [7, 11) is 0. The first-order valence-electron chi connectivity index (χ1n) is 5.82. The lowest BCUT2D eigenvalue weighted by Gasteiger charge is -2.15. The molecule has 6 heteroatoms. The average Bonchev–Trinajstić information content (AvgIpc) is 2.64. The van der Waals surface area contributed by atoms with E-state index in [0.717, 1.165) is 6.07 Å². The quantitative estimate of drug-likeness (QED) is 0.799. The van der Waals surface area contributed by atoms with Gasteiger partial charge in [0, 0.05) is 11.2 Å². The van der Waals surface area contributed by atoms with Crippen molar-refractivity contribution in [3.8, 4) is 0 Å². The molecule has 1 aromatic heterocycles. The van der Waals surface area contributed by atoms with Gasteiger partial charge in [-0.1, -0.05) is 11.6 Å². The predicted octanol–water partition coefficient (Wildman–Crippen LogP) is 2.60. The molecule has 0 N–H and O–H groups in total. The molecule has 0 spiro atoms. The Balaban J connectivity index is 1.99. The van der Waals surface area contributed by atoms with Gasteiger partial charge in [0.25, 0.3) is 11.7 Å². The monoisotopic (exact) mass is 290 g/mol. The number of Topliss-reactive ketones (excluding diaryl/α,β-unsaturated/α-hetero) is 1. The van der Waals surface area contributed by atoms with Crippen molar-refractivity contribution in [2.75, 3.05) is 4.90 Å². The van der Waals surface area contributed by atoms with Gasteiger partial charge in [-0.15, -0.1) is 0 Å². The van der Waals surface area contributed by atoms with Crippen molar-refractivity contribution in [2.45, 2.75) is 6.54 Å². The number of ketones is 1. The zero-order valence-corrected chi connectivity index (χ0v) is 10.9. The third-order valence-corrected chi connectivity index (χ3v) is 3.27. The Hall–Kier alpha value is -2.27. The molecule has 1 aliphatic heterocycles. The third-order valence-electron chi connectivity index (χ3n) is 3.03. The zero-order valence-electron chi connectivity index (χ0n) is 10.1. The van der Waals surface area contributed by atoms with Gasteiger partial charge in [0.05, 0.1) is 23.5 Å². The molecule has 0 atom stereocenters. The van der Waals surface area contributed by atoms with E-state index in [1.54, 1.807) is 12.1 Å². The number of nitrogens with zero attached hydrogens (tertiary/aromatic N) is 2. The summed E-state index contributed by atoms with van der Waals surface area (Å²) in [5.74, 6) is -1.94. The minimum atomic E-state index is -0.707. The van der Waals surface area contributed by atoms with Crippen LogP contribution in [0.1, 0.15) is 16.1 Å². The summed E-state index contributed by atoms with van der Waals surface area (Å²) in [4.78, 5) is 29.1. The minimum absolute atomic E-state index is 0.0806. The second-order valence-electron chi connectivity index (χ2n) is 4.35. The van der Waals surface area contributed by atoms with E-state index in [1.165, 1.54) is 23.2 Å². The maximum atomic E-state index is 13.2. The van der Waals surface area contributed by atoms with Gasteiger partial charge in [0.2, 0.25) is 0 Å². The highest BCUT2D eigenvalue weighted by atomic mass is 35.5. The molecular formula is C14H8ClFN2O2. The van der Waals surface area contributed by atoms with Crippen LogP contribution in [-0.2, 0) is 11.3 Å². The Labute approximate surface area is 118 Å². The van der Waals surface area contributed by atoms with Crippen LogP contribution in [0, 0.1) is 5.82 Å². The fourth-order valence-corrected chi connectivity index (χ4v) is 2.31. The number of benzene rings is 1. The van der Waals surface area contributed by atoms with E-state index in [0.29, 0.717) is 16.4 Å². The van der Waals surface area contributed by atoms with Crippen molar-refractivity contribution in [2.24, 2.45) is 0 Å². The number of halogens is 2. The standard InChI is InChI=1S/C14H8ClFN2O2/c15-8-3-4-17-10(5-8)7-18-12-2-1-9(16)6-11(12)13(19)14(18)20/h1-6H,7H2. The van der Waals surface area contributed by atoms with E-state index in [9.17, 15) is 14.0 Å². The summed E-state index contributed by atoms with van der Waals surface area (Å²) >= 11 is 5.86. The molecule has 0 radical (unpaired) electrons. The molecule has 1 amide bonds. The number of fused-ring (bicyclic) bond motifs is 1. The smallest absolute Gasteiger partial charge is 0.299 e. The molecular weight excluding hydrogens is 283 g/mol. The Kier molecular flexibility index (Phi) is 2.99. The first-order valence-corrected chi connectivity index (χ1v) is 6.20. The van der Waals surface area contributed by atoms with Gasteiger partial charge < -0.3 is 0 Å². The van der Waals surface area contributed by atoms with E-state index >= 15 is 0 Å². The van der Waals surface area contributed by atoms with Gasteiger partial charge in [0.1, 0.15) is 5.82 Å². The zero-order chi connectivity index (χ0) is 14.3. The van der Waals surface area contributed by atoms with Crippen LogP contribution >= 0.6 is 11.6 Å². The summed E-state index contributed by atoms with van der Waals surface area (Å²) in [5, 5.41) is 0.493. The molecule has 0 bridgehead atoms. The molecule has 0 saturated heterocycles. The average molecular weight is 291 g/mol. The molecule has 0 saturated carbocycles. The van der Waals surface area contributed by atoms with Gasteiger partial charge in [-0.3, -0.25) is 19.5 Å². The Morgan fingerprint density at radius 1 is 1.20 bits per heavy atom. The van der Waals surface area contributed by atoms with Crippen molar-refractivity contribution >= 4 is 29.0 Å². The lowest BCUT2D eigenvalue weighted by atomic mass is 10.1. The highest BCUT2D eigenvalue weighted by Gasteiger charge is 2.36. The summed E-state index contributed by atoms with van der Waals surface area (Å²) in [6.45, 7) is 0.115. The second-order valence-corrected chi connectivity index (χ2v) is 4.78. The Morgan fingerprint density at radius 2 is 2.00 bits per heavy atom. The molecule has 4 nitrogen and oxygen atoms in total. The molecule has 0 fully saturated rings. The Morgan fingerprint density at radius 3 is 2.75 bits per heavy atom. The SMILES string of the molecule is O=C1C(=O)N(Cc2cc(Cl)ccn2)c2ccc(F)cc21. The number of hydrogen-bond donors (Lipinski definition) is 0. The van der Waals surface area contributed by atoms with Crippen LogP contribution in [0.5, 0.6) is 0 Å². The molecule has 1 aliphatic rings. The van der Waals surface area contributed by atoms with Crippen molar-refractivity contribution < 1.29 is 14.0 Å². The van der Waals surface area contributed by atoms with Crippen molar-refractivity contribution in [3.05, 3.63) is 58.6 Å². The van der Waals surface area contributed by atoms with E-state index in [1.807, 2.05) is 0 Å². The largest absolute Gasteiger partial charge is 0.299 e. The Bertz CT molecular complexity index is 733. The van der Waals surface area contributed by atoms with Crippen LogP contribution in [0.4, 0.5) is 10.1 Å². The number of carbonyl (C=O) groups excluding carboxylic acids is 2. The summed E-state index contributed by atoms with van der Waals surface area (Å²) in [5.41, 5.74) is 1.02. The van der Waals surface area contributed by atoms with Gasteiger partial charge in [-0.2, -0.15) is 0 Å². The van der Waals surface area contributed by atoms with E-state index in [4.69, 9.17) is 11.6 Å². The first-order chi connectivity index (χ1) is 9.56. The molecule has 20 heavy (non-hydrogen) atoms. The molecule has 2 heterocycles. The summed E-state index contributed by atoms with van der Waals surface area (Å²) in [6.07, 6.45) is 1.52. The predicted molar refractivity (Wildman–Crippen MR) is 71.2 cm³/mol. The maximum Gasteiger partial charge on any atom is 0.299 e. The van der Waals surface area contributed by atoms with Crippen LogP contribution in [-0.4, -0.2) is 16.7 Å². The van der Waals surface area contributed by atoms with Crippen molar-refractivity contribution in [1.82, 2.24) is 4.98 Å². The highest BCUT2D eigenvalue weighted by molar-refractivity contribution is 6.52. The van der Waals surface area contributed by atoms with Gasteiger partial charge in [-0.25, -0.2) is 4.39 Å². The van der Waals surface area contributed by atoms with Crippen LogP contribution in [0.15, 0.2) is 36.5 Å².